The summed E-state index contributed by atoms with van der Waals surface area (Å²) in [6, 6.07) is 4.02. The van der Waals surface area contributed by atoms with E-state index >= 15 is 0 Å². The highest BCUT2D eigenvalue weighted by Gasteiger charge is 2.44. The molecule has 1 aliphatic carbocycles. The summed E-state index contributed by atoms with van der Waals surface area (Å²) >= 11 is 0. The van der Waals surface area contributed by atoms with Crippen molar-refractivity contribution in [3.05, 3.63) is 23.3 Å². The number of fused-ring (bicyclic) bond motifs is 2. The van der Waals surface area contributed by atoms with E-state index in [4.69, 9.17) is 0 Å². The zero-order valence-electron chi connectivity index (χ0n) is 11.2. The lowest BCUT2D eigenvalue weighted by molar-refractivity contribution is 0.0341. The predicted molar refractivity (Wildman–Crippen MR) is 73.5 cm³/mol. The first-order chi connectivity index (χ1) is 9.24. The molecule has 0 spiro atoms. The van der Waals surface area contributed by atoms with Crippen molar-refractivity contribution < 1.29 is 10.2 Å². The molecule has 0 aromatic heterocycles. The molecule has 1 aromatic rings. The molecule has 19 heavy (non-hydrogen) atoms. The minimum absolute atomic E-state index is 0.207. The number of phenols is 2. The van der Waals surface area contributed by atoms with Gasteiger partial charge in [0.25, 0.3) is 0 Å². The van der Waals surface area contributed by atoms with E-state index in [0.717, 1.165) is 12.0 Å². The highest BCUT2D eigenvalue weighted by molar-refractivity contribution is 5.50. The second kappa shape index (κ2) is 4.14. The number of piperidine rings is 2. The maximum absolute atomic E-state index is 10.3. The van der Waals surface area contributed by atoms with Crippen LogP contribution in [0.4, 0.5) is 0 Å². The van der Waals surface area contributed by atoms with Gasteiger partial charge < -0.3 is 10.2 Å². The Morgan fingerprint density at radius 2 is 1.84 bits per heavy atom. The lowest BCUT2D eigenvalue weighted by atomic mass is 9.66. The van der Waals surface area contributed by atoms with Crippen molar-refractivity contribution in [2.24, 2.45) is 5.92 Å². The summed E-state index contributed by atoms with van der Waals surface area (Å²) < 4.78 is 0. The van der Waals surface area contributed by atoms with Crippen molar-refractivity contribution in [1.29, 1.82) is 0 Å². The monoisotopic (exact) mass is 259 g/mol. The molecule has 2 aliphatic heterocycles. The Hall–Kier alpha value is -1.22. The van der Waals surface area contributed by atoms with Gasteiger partial charge in [0.15, 0.2) is 0 Å². The number of phenolic OH excluding ortho intramolecular Hbond substituents is 2. The van der Waals surface area contributed by atoms with Crippen LogP contribution in [-0.2, 0) is 6.42 Å². The van der Waals surface area contributed by atoms with Crippen molar-refractivity contribution in [1.82, 2.24) is 4.90 Å². The predicted octanol–water partition coefficient (Wildman–Crippen LogP) is 2.61. The van der Waals surface area contributed by atoms with Crippen molar-refractivity contribution in [2.45, 2.75) is 44.1 Å². The minimum atomic E-state index is 0.207. The molecule has 2 saturated heterocycles. The largest absolute Gasteiger partial charge is 0.508 e. The fourth-order valence-corrected chi connectivity index (χ4v) is 4.80. The third-order valence-electron chi connectivity index (χ3n) is 5.38. The molecule has 2 fully saturated rings. The Kier molecular flexibility index (Phi) is 2.52. The van der Waals surface area contributed by atoms with E-state index in [1.807, 2.05) is 6.07 Å². The van der Waals surface area contributed by atoms with Gasteiger partial charge in [0.05, 0.1) is 0 Å². The Morgan fingerprint density at radius 3 is 2.68 bits per heavy atom. The molecule has 3 nitrogen and oxygen atoms in total. The average molecular weight is 259 g/mol. The number of nitrogens with zero attached hydrogens (tertiary/aromatic N) is 1. The first-order valence-electron chi connectivity index (χ1n) is 7.53. The maximum Gasteiger partial charge on any atom is 0.123 e. The number of hydrogen-bond acceptors (Lipinski definition) is 3. The fourth-order valence-electron chi connectivity index (χ4n) is 4.80. The Morgan fingerprint density at radius 1 is 1.05 bits per heavy atom. The summed E-state index contributed by atoms with van der Waals surface area (Å²) in [6.45, 7) is 2.46. The summed E-state index contributed by atoms with van der Waals surface area (Å²) in [4.78, 5) is 2.65. The molecule has 0 amide bonds. The van der Waals surface area contributed by atoms with Gasteiger partial charge >= 0.3 is 0 Å². The standard InChI is InChI=1S/C16H21NO2/c18-12-8-11-7-10-3-1-5-17-6-2-4-13(16(10)17)15(11)14(19)9-12/h8-10,13,16,18-19H,1-7H2. The van der Waals surface area contributed by atoms with Crippen LogP contribution < -0.4 is 0 Å². The Labute approximate surface area is 113 Å². The molecule has 4 rings (SSSR count). The summed E-state index contributed by atoms with van der Waals surface area (Å²) in [6.07, 6.45) is 6.03. The van der Waals surface area contributed by atoms with E-state index in [9.17, 15) is 10.2 Å². The van der Waals surface area contributed by atoms with E-state index < -0.39 is 0 Å². The van der Waals surface area contributed by atoms with Gasteiger partial charge in [-0.2, -0.15) is 0 Å². The average Bonchev–Trinajstić information content (AvgIpc) is 2.38. The molecular formula is C16H21NO2. The third-order valence-corrected chi connectivity index (χ3v) is 5.38. The Bertz CT molecular complexity index is 512. The van der Waals surface area contributed by atoms with E-state index in [1.165, 1.54) is 50.4 Å². The number of rotatable bonds is 0. The number of hydrogen-bond donors (Lipinski definition) is 2. The van der Waals surface area contributed by atoms with Crippen LogP contribution in [0.15, 0.2) is 12.1 Å². The lowest BCUT2D eigenvalue weighted by Gasteiger charge is -2.52. The topological polar surface area (TPSA) is 43.7 Å². The van der Waals surface area contributed by atoms with Gasteiger partial charge in [-0.1, -0.05) is 0 Å². The van der Waals surface area contributed by atoms with Gasteiger partial charge in [-0.15, -0.1) is 0 Å². The van der Waals surface area contributed by atoms with Crippen LogP contribution in [0, 0.1) is 5.92 Å². The van der Waals surface area contributed by atoms with Crippen LogP contribution in [0.1, 0.15) is 42.7 Å². The summed E-state index contributed by atoms with van der Waals surface area (Å²) in [5.41, 5.74) is 2.32. The molecule has 0 saturated carbocycles. The van der Waals surface area contributed by atoms with Crippen LogP contribution >= 0.6 is 0 Å². The molecule has 0 radical (unpaired) electrons. The van der Waals surface area contributed by atoms with E-state index in [-0.39, 0.29) is 5.75 Å². The van der Waals surface area contributed by atoms with Crippen molar-refractivity contribution in [3.63, 3.8) is 0 Å². The first kappa shape index (κ1) is 11.6. The van der Waals surface area contributed by atoms with Crippen LogP contribution in [-0.4, -0.2) is 34.2 Å². The van der Waals surface area contributed by atoms with Gasteiger partial charge in [-0.25, -0.2) is 0 Å². The third kappa shape index (κ3) is 1.68. The van der Waals surface area contributed by atoms with Gasteiger partial charge in [-0.3, -0.25) is 4.90 Å². The molecule has 2 N–H and O–H groups in total. The van der Waals surface area contributed by atoms with E-state index in [0.29, 0.717) is 23.6 Å². The summed E-state index contributed by atoms with van der Waals surface area (Å²) in [7, 11) is 0. The zero-order valence-corrected chi connectivity index (χ0v) is 11.2. The summed E-state index contributed by atoms with van der Waals surface area (Å²) in [5, 5.41) is 20.0. The van der Waals surface area contributed by atoms with Crippen molar-refractivity contribution >= 4 is 0 Å². The van der Waals surface area contributed by atoms with Crippen LogP contribution in [0.2, 0.25) is 0 Å². The quantitative estimate of drug-likeness (QED) is 0.752. The van der Waals surface area contributed by atoms with Gasteiger partial charge in [0.1, 0.15) is 11.5 Å². The zero-order chi connectivity index (χ0) is 13.0. The SMILES string of the molecule is Oc1cc(O)c2c(c1)CC1CCCN3CCCC2C13. The molecule has 102 valence electrons. The molecule has 0 bridgehead atoms. The number of benzene rings is 1. The molecule has 3 aliphatic rings. The summed E-state index contributed by atoms with van der Waals surface area (Å²) in [5.74, 6) is 1.71. The van der Waals surface area contributed by atoms with Crippen LogP contribution in [0.25, 0.3) is 0 Å². The second-order valence-corrected chi connectivity index (χ2v) is 6.42. The second-order valence-electron chi connectivity index (χ2n) is 6.42. The van der Waals surface area contributed by atoms with Gasteiger partial charge in [-0.05, 0) is 62.7 Å². The number of aromatic hydroxyl groups is 2. The van der Waals surface area contributed by atoms with Crippen LogP contribution in [0.3, 0.4) is 0 Å². The lowest BCUT2D eigenvalue weighted by Crippen LogP contribution is -2.54. The minimum Gasteiger partial charge on any atom is -0.508 e. The molecule has 2 heterocycles. The molecule has 3 atom stereocenters. The van der Waals surface area contributed by atoms with Crippen molar-refractivity contribution in [3.8, 4) is 11.5 Å². The molecular weight excluding hydrogens is 238 g/mol. The molecule has 1 aromatic carbocycles. The first-order valence-corrected chi connectivity index (χ1v) is 7.53. The Balaban J connectivity index is 1.84. The van der Waals surface area contributed by atoms with E-state index in [1.54, 1.807) is 0 Å². The highest BCUT2D eigenvalue weighted by atomic mass is 16.3. The maximum atomic E-state index is 10.3. The van der Waals surface area contributed by atoms with Crippen molar-refractivity contribution in [2.75, 3.05) is 13.1 Å². The fraction of sp³-hybridized carbons (Fsp3) is 0.625. The molecule has 3 unspecified atom stereocenters. The normalized spacial score (nSPS) is 33.6. The smallest absolute Gasteiger partial charge is 0.123 e. The van der Waals surface area contributed by atoms with Crippen LogP contribution in [0.5, 0.6) is 11.5 Å². The highest BCUT2D eigenvalue weighted by Crippen LogP contribution is 2.50. The van der Waals surface area contributed by atoms with Gasteiger partial charge in [0, 0.05) is 23.6 Å². The molecule has 3 heteroatoms. The van der Waals surface area contributed by atoms with E-state index in [2.05, 4.69) is 4.90 Å². The van der Waals surface area contributed by atoms with Gasteiger partial charge in [0.2, 0.25) is 0 Å².